The Labute approximate surface area is 184 Å². The summed E-state index contributed by atoms with van der Waals surface area (Å²) in [7, 11) is -3.75. The first-order chi connectivity index (χ1) is 14.3. The SMILES string of the molecule is O=S(=O)(N[C@H]1CC[C@@H](Nc2ccnc3cc(Cl)ccc23)CC1)c1ccc(F)c(Cl)c1. The number of anilines is 1. The lowest BCUT2D eigenvalue weighted by atomic mass is 9.91. The quantitative estimate of drug-likeness (QED) is 0.528. The molecule has 0 amide bonds. The number of hydrogen-bond acceptors (Lipinski definition) is 4. The summed E-state index contributed by atoms with van der Waals surface area (Å²) in [4.78, 5) is 4.32. The topological polar surface area (TPSA) is 71.1 Å². The number of hydrogen-bond donors (Lipinski definition) is 2. The van der Waals surface area contributed by atoms with Crippen LogP contribution in [0.1, 0.15) is 25.7 Å². The lowest BCUT2D eigenvalue weighted by Gasteiger charge is -2.30. The maximum atomic E-state index is 13.3. The Bertz CT molecular complexity index is 1180. The van der Waals surface area contributed by atoms with Crippen molar-refractivity contribution in [3.05, 3.63) is 64.5 Å². The van der Waals surface area contributed by atoms with Crippen molar-refractivity contribution in [2.24, 2.45) is 0 Å². The van der Waals surface area contributed by atoms with E-state index in [9.17, 15) is 12.8 Å². The van der Waals surface area contributed by atoms with Crippen LogP contribution in [0.5, 0.6) is 0 Å². The van der Waals surface area contributed by atoms with E-state index in [-0.39, 0.29) is 22.0 Å². The van der Waals surface area contributed by atoms with Gasteiger partial charge in [0.25, 0.3) is 0 Å². The van der Waals surface area contributed by atoms with Gasteiger partial charge in [0, 0.05) is 34.4 Å². The molecule has 1 aromatic heterocycles. The Kier molecular flexibility index (Phi) is 6.16. The molecule has 5 nitrogen and oxygen atoms in total. The first-order valence-electron chi connectivity index (χ1n) is 9.60. The second kappa shape index (κ2) is 8.67. The first-order valence-corrected chi connectivity index (χ1v) is 11.8. The Morgan fingerprint density at radius 3 is 2.43 bits per heavy atom. The second-order valence-corrected chi connectivity index (χ2v) is 9.97. The molecule has 158 valence electrons. The molecule has 1 saturated carbocycles. The van der Waals surface area contributed by atoms with Crippen molar-refractivity contribution in [3.63, 3.8) is 0 Å². The lowest BCUT2D eigenvalue weighted by Crippen LogP contribution is -2.40. The summed E-state index contributed by atoms with van der Waals surface area (Å²) in [6.07, 6.45) is 4.76. The van der Waals surface area contributed by atoms with Crippen LogP contribution in [-0.2, 0) is 10.0 Å². The van der Waals surface area contributed by atoms with Gasteiger partial charge in [-0.1, -0.05) is 23.2 Å². The van der Waals surface area contributed by atoms with Crippen LogP contribution in [0.3, 0.4) is 0 Å². The van der Waals surface area contributed by atoms with Crippen LogP contribution in [-0.4, -0.2) is 25.5 Å². The Balaban J connectivity index is 1.39. The summed E-state index contributed by atoms with van der Waals surface area (Å²) in [6.45, 7) is 0. The van der Waals surface area contributed by atoms with E-state index in [2.05, 4.69) is 15.0 Å². The molecule has 0 saturated heterocycles. The maximum Gasteiger partial charge on any atom is 0.240 e. The minimum atomic E-state index is -3.75. The molecule has 0 aliphatic heterocycles. The van der Waals surface area contributed by atoms with Gasteiger partial charge >= 0.3 is 0 Å². The first kappa shape index (κ1) is 21.3. The minimum Gasteiger partial charge on any atom is -0.382 e. The predicted octanol–water partition coefficient (Wildman–Crippen LogP) is 5.38. The molecule has 2 aromatic carbocycles. The van der Waals surface area contributed by atoms with E-state index >= 15 is 0 Å². The van der Waals surface area contributed by atoms with Crippen molar-refractivity contribution in [2.75, 3.05) is 5.32 Å². The number of benzene rings is 2. The second-order valence-electron chi connectivity index (χ2n) is 7.41. The summed E-state index contributed by atoms with van der Waals surface area (Å²) in [5.74, 6) is -0.645. The van der Waals surface area contributed by atoms with E-state index in [0.29, 0.717) is 17.9 Å². The van der Waals surface area contributed by atoms with Gasteiger partial charge in [0.1, 0.15) is 5.82 Å². The van der Waals surface area contributed by atoms with Crippen LogP contribution in [0.25, 0.3) is 10.9 Å². The van der Waals surface area contributed by atoms with Crippen molar-refractivity contribution >= 4 is 49.8 Å². The maximum absolute atomic E-state index is 13.3. The van der Waals surface area contributed by atoms with Crippen LogP contribution in [0.15, 0.2) is 53.6 Å². The van der Waals surface area contributed by atoms with E-state index < -0.39 is 15.8 Å². The van der Waals surface area contributed by atoms with Crippen LogP contribution in [0.4, 0.5) is 10.1 Å². The Hall–Kier alpha value is -1.93. The number of halogens is 3. The molecular weight excluding hydrogens is 448 g/mol. The zero-order valence-corrected chi connectivity index (χ0v) is 18.2. The third-order valence-corrected chi connectivity index (χ3v) is 7.36. The number of pyridine rings is 1. The van der Waals surface area contributed by atoms with E-state index in [0.717, 1.165) is 41.6 Å². The summed E-state index contributed by atoms with van der Waals surface area (Å²) >= 11 is 11.8. The molecule has 4 rings (SSSR count). The molecular formula is C21H20Cl2FN3O2S. The number of fused-ring (bicyclic) bond motifs is 1. The predicted molar refractivity (Wildman–Crippen MR) is 118 cm³/mol. The van der Waals surface area contributed by atoms with E-state index in [1.807, 2.05) is 24.3 Å². The molecule has 1 aliphatic rings. The van der Waals surface area contributed by atoms with Crippen molar-refractivity contribution in [1.82, 2.24) is 9.71 Å². The monoisotopic (exact) mass is 467 g/mol. The highest BCUT2D eigenvalue weighted by Crippen LogP contribution is 2.29. The highest BCUT2D eigenvalue weighted by Gasteiger charge is 2.26. The van der Waals surface area contributed by atoms with Crippen molar-refractivity contribution < 1.29 is 12.8 Å². The van der Waals surface area contributed by atoms with Gasteiger partial charge in [0.15, 0.2) is 0 Å². The van der Waals surface area contributed by atoms with E-state index in [1.54, 1.807) is 6.20 Å². The summed E-state index contributed by atoms with van der Waals surface area (Å²) in [5.41, 5.74) is 1.81. The van der Waals surface area contributed by atoms with Crippen LogP contribution in [0, 0.1) is 5.82 Å². The number of nitrogens with one attached hydrogen (secondary N) is 2. The van der Waals surface area contributed by atoms with Gasteiger partial charge in [-0.3, -0.25) is 4.98 Å². The van der Waals surface area contributed by atoms with Gasteiger partial charge in [-0.2, -0.15) is 0 Å². The third kappa shape index (κ3) is 4.70. The summed E-state index contributed by atoms with van der Waals surface area (Å²) < 4.78 is 41.2. The van der Waals surface area contributed by atoms with Crippen LogP contribution in [0.2, 0.25) is 10.0 Å². The number of nitrogens with zero attached hydrogens (tertiary/aromatic N) is 1. The van der Waals surface area contributed by atoms with E-state index in [1.165, 1.54) is 6.07 Å². The minimum absolute atomic E-state index is 0.0314. The van der Waals surface area contributed by atoms with Gasteiger partial charge in [-0.05, 0) is 68.1 Å². The van der Waals surface area contributed by atoms with Crippen LogP contribution < -0.4 is 10.0 Å². The average Bonchev–Trinajstić information content (AvgIpc) is 2.71. The fourth-order valence-corrected chi connectivity index (χ4v) is 5.50. The molecule has 1 aliphatic carbocycles. The molecule has 0 unspecified atom stereocenters. The van der Waals surface area contributed by atoms with Gasteiger partial charge < -0.3 is 5.32 Å². The molecule has 30 heavy (non-hydrogen) atoms. The fraction of sp³-hybridized carbons (Fsp3) is 0.286. The zero-order chi connectivity index (χ0) is 21.3. The third-order valence-electron chi connectivity index (χ3n) is 5.31. The van der Waals surface area contributed by atoms with Gasteiger partial charge in [0.05, 0.1) is 15.4 Å². The highest BCUT2D eigenvalue weighted by atomic mass is 35.5. The molecule has 9 heteroatoms. The van der Waals surface area contributed by atoms with Gasteiger partial charge in [-0.15, -0.1) is 0 Å². The van der Waals surface area contributed by atoms with Gasteiger partial charge in [-0.25, -0.2) is 17.5 Å². The Morgan fingerprint density at radius 2 is 1.70 bits per heavy atom. The molecule has 0 atom stereocenters. The van der Waals surface area contributed by atoms with Crippen molar-refractivity contribution in [3.8, 4) is 0 Å². The molecule has 1 fully saturated rings. The highest BCUT2D eigenvalue weighted by molar-refractivity contribution is 7.89. The normalized spacial score (nSPS) is 19.7. The lowest BCUT2D eigenvalue weighted by molar-refractivity contribution is 0.387. The van der Waals surface area contributed by atoms with Crippen molar-refractivity contribution in [1.29, 1.82) is 0 Å². The van der Waals surface area contributed by atoms with Gasteiger partial charge in [0.2, 0.25) is 10.0 Å². The molecule has 3 aromatic rings. The summed E-state index contributed by atoms with van der Waals surface area (Å²) in [5, 5.41) is 4.98. The molecule has 0 radical (unpaired) electrons. The smallest absolute Gasteiger partial charge is 0.240 e. The van der Waals surface area contributed by atoms with E-state index in [4.69, 9.17) is 23.2 Å². The van der Waals surface area contributed by atoms with Crippen molar-refractivity contribution in [2.45, 2.75) is 42.7 Å². The van der Waals surface area contributed by atoms with Crippen LogP contribution >= 0.6 is 23.2 Å². The number of aromatic nitrogens is 1. The fourth-order valence-electron chi connectivity index (χ4n) is 3.75. The Morgan fingerprint density at radius 1 is 0.967 bits per heavy atom. The largest absolute Gasteiger partial charge is 0.382 e. The molecule has 0 spiro atoms. The zero-order valence-electron chi connectivity index (χ0n) is 15.9. The number of rotatable bonds is 5. The molecule has 0 bridgehead atoms. The number of sulfonamides is 1. The molecule has 2 N–H and O–H groups in total. The summed E-state index contributed by atoms with van der Waals surface area (Å²) in [6, 6.07) is 11.0. The molecule has 1 heterocycles. The average molecular weight is 468 g/mol. The standard InChI is InChI=1S/C21H20Cl2FN3O2S/c22-13-1-7-17-20(9-10-25-21(17)11-13)26-14-2-4-15(5-3-14)27-30(28,29)16-6-8-19(24)18(23)12-16/h1,6-12,14-15,27H,2-5H2,(H,25,26)/t14-,15+.